The van der Waals surface area contributed by atoms with Crippen LogP contribution >= 0.6 is 11.8 Å². The second kappa shape index (κ2) is 7.39. The third-order valence-electron chi connectivity index (χ3n) is 3.71. The molecule has 1 aliphatic rings. The average Bonchev–Trinajstić information content (AvgIpc) is 2.78. The minimum Gasteiger partial charge on any atom is -0.387 e. The van der Waals surface area contributed by atoms with Crippen molar-refractivity contribution in [3.8, 4) is 0 Å². The van der Waals surface area contributed by atoms with E-state index in [1.165, 1.54) is 25.7 Å². The van der Waals surface area contributed by atoms with Crippen molar-refractivity contribution in [1.82, 2.24) is 5.32 Å². The van der Waals surface area contributed by atoms with Crippen LogP contribution in [-0.4, -0.2) is 35.2 Å². The fourth-order valence-corrected chi connectivity index (χ4v) is 3.39. The van der Waals surface area contributed by atoms with Crippen LogP contribution < -0.4 is 5.32 Å². The first-order valence-corrected chi connectivity index (χ1v) is 8.33. The summed E-state index contributed by atoms with van der Waals surface area (Å²) in [5.74, 6) is 1.53. The molecule has 1 fully saturated rings. The molecular weight excluding hydrogens is 246 g/mol. The van der Waals surface area contributed by atoms with E-state index in [4.69, 9.17) is 0 Å². The second-order valence-electron chi connectivity index (χ2n) is 5.93. The summed E-state index contributed by atoms with van der Waals surface area (Å²) in [6.45, 7) is 4.12. The number of hydrogen-bond acceptors (Lipinski definition) is 3. The zero-order valence-electron chi connectivity index (χ0n) is 11.9. The van der Waals surface area contributed by atoms with E-state index >= 15 is 0 Å². The lowest BCUT2D eigenvalue weighted by atomic mass is 9.94. The predicted octanol–water partition coefficient (Wildman–Crippen LogP) is 2.43. The zero-order chi connectivity index (χ0) is 13.6. The molecular formula is C14H27NO2S. The van der Waals surface area contributed by atoms with Crippen molar-refractivity contribution in [2.24, 2.45) is 11.8 Å². The van der Waals surface area contributed by atoms with Crippen molar-refractivity contribution in [2.45, 2.75) is 51.6 Å². The van der Waals surface area contributed by atoms with E-state index in [0.717, 1.165) is 12.3 Å². The fraction of sp³-hybridized carbons (Fsp3) is 0.929. The molecule has 1 aliphatic carbocycles. The molecule has 2 unspecified atom stereocenters. The first kappa shape index (κ1) is 15.8. The number of amides is 1. The van der Waals surface area contributed by atoms with Gasteiger partial charge in [0.2, 0.25) is 5.91 Å². The Balaban J connectivity index is 2.26. The first-order valence-electron chi connectivity index (χ1n) is 6.93. The van der Waals surface area contributed by atoms with Gasteiger partial charge in [-0.25, -0.2) is 0 Å². The van der Waals surface area contributed by atoms with Gasteiger partial charge < -0.3 is 10.4 Å². The SMILES string of the molecule is CSCC(C)(O)CNC(=O)C(C)CC1CCCC1. The summed E-state index contributed by atoms with van der Waals surface area (Å²) in [4.78, 5) is 12.0. The van der Waals surface area contributed by atoms with E-state index in [0.29, 0.717) is 12.3 Å². The van der Waals surface area contributed by atoms with Crippen LogP contribution in [0.1, 0.15) is 46.0 Å². The van der Waals surface area contributed by atoms with Crippen molar-refractivity contribution >= 4 is 17.7 Å². The topological polar surface area (TPSA) is 49.3 Å². The summed E-state index contributed by atoms with van der Waals surface area (Å²) in [6.07, 6.45) is 8.15. The van der Waals surface area contributed by atoms with E-state index < -0.39 is 5.60 Å². The minimum atomic E-state index is -0.803. The van der Waals surface area contributed by atoms with Gasteiger partial charge in [0.15, 0.2) is 0 Å². The molecule has 0 aliphatic heterocycles. The van der Waals surface area contributed by atoms with Crippen molar-refractivity contribution in [3.05, 3.63) is 0 Å². The summed E-state index contributed by atoms with van der Waals surface area (Å²) in [7, 11) is 0. The Morgan fingerprint density at radius 2 is 2.11 bits per heavy atom. The highest BCUT2D eigenvalue weighted by Crippen LogP contribution is 2.30. The van der Waals surface area contributed by atoms with E-state index in [-0.39, 0.29) is 11.8 Å². The Morgan fingerprint density at radius 3 is 2.67 bits per heavy atom. The quantitative estimate of drug-likeness (QED) is 0.749. The Bertz CT molecular complexity index is 263. The molecule has 1 rings (SSSR count). The van der Waals surface area contributed by atoms with Crippen LogP contribution in [0, 0.1) is 11.8 Å². The molecule has 2 atom stereocenters. The number of aliphatic hydroxyl groups is 1. The monoisotopic (exact) mass is 273 g/mol. The molecule has 0 bridgehead atoms. The lowest BCUT2D eigenvalue weighted by Gasteiger charge is -2.24. The van der Waals surface area contributed by atoms with Crippen molar-refractivity contribution in [2.75, 3.05) is 18.6 Å². The maximum atomic E-state index is 12.0. The second-order valence-corrected chi connectivity index (χ2v) is 6.80. The average molecular weight is 273 g/mol. The molecule has 0 aromatic heterocycles. The molecule has 0 saturated heterocycles. The number of hydrogen-bond donors (Lipinski definition) is 2. The number of carbonyl (C=O) groups is 1. The molecule has 18 heavy (non-hydrogen) atoms. The van der Waals surface area contributed by atoms with Crippen molar-refractivity contribution in [3.63, 3.8) is 0 Å². The molecule has 0 heterocycles. The Morgan fingerprint density at radius 1 is 1.50 bits per heavy atom. The largest absolute Gasteiger partial charge is 0.387 e. The minimum absolute atomic E-state index is 0.0678. The molecule has 2 N–H and O–H groups in total. The lowest BCUT2D eigenvalue weighted by molar-refractivity contribution is -0.126. The van der Waals surface area contributed by atoms with Crippen molar-refractivity contribution < 1.29 is 9.90 Å². The van der Waals surface area contributed by atoms with Crippen LogP contribution in [0.4, 0.5) is 0 Å². The van der Waals surface area contributed by atoms with E-state index in [9.17, 15) is 9.90 Å². The van der Waals surface area contributed by atoms with Gasteiger partial charge in [-0.1, -0.05) is 32.6 Å². The summed E-state index contributed by atoms with van der Waals surface area (Å²) in [6, 6.07) is 0. The standard InChI is InChI=1S/C14H27NO2S/c1-11(8-12-6-4-5-7-12)13(16)15-9-14(2,17)10-18-3/h11-12,17H,4-10H2,1-3H3,(H,15,16). The Hall–Kier alpha value is -0.220. The maximum Gasteiger partial charge on any atom is 0.222 e. The van der Waals surface area contributed by atoms with Gasteiger partial charge >= 0.3 is 0 Å². The summed E-state index contributed by atoms with van der Waals surface area (Å²) in [5, 5.41) is 12.9. The van der Waals surface area contributed by atoms with Crippen LogP contribution in [-0.2, 0) is 4.79 Å². The van der Waals surface area contributed by atoms with Gasteiger partial charge in [0.05, 0.1) is 5.60 Å². The molecule has 106 valence electrons. The molecule has 1 amide bonds. The van der Waals surface area contributed by atoms with Crippen LogP contribution in [0.3, 0.4) is 0 Å². The van der Waals surface area contributed by atoms with Crippen LogP contribution in [0.25, 0.3) is 0 Å². The van der Waals surface area contributed by atoms with E-state index in [1.54, 1.807) is 18.7 Å². The van der Waals surface area contributed by atoms with Gasteiger partial charge in [0.1, 0.15) is 0 Å². The van der Waals surface area contributed by atoms with Crippen molar-refractivity contribution in [1.29, 1.82) is 0 Å². The van der Waals surface area contributed by atoms with Crippen LogP contribution in [0.5, 0.6) is 0 Å². The van der Waals surface area contributed by atoms with Gasteiger partial charge in [-0.15, -0.1) is 0 Å². The smallest absolute Gasteiger partial charge is 0.222 e. The molecule has 3 nitrogen and oxygen atoms in total. The number of carbonyl (C=O) groups excluding carboxylic acids is 1. The van der Waals surface area contributed by atoms with Crippen LogP contribution in [0.15, 0.2) is 0 Å². The first-order chi connectivity index (χ1) is 8.44. The zero-order valence-corrected chi connectivity index (χ0v) is 12.7. The normalized spacial score (nSPS) is 21.6. The molecule has 4 heteroatoms. The predicted molar refractivity (Wildman–Crippen MR) is 77.8 cm³/mol. The molecule has 0 aromatic carbocycles. The summed E-state index contributed by atoms with van der Waals surface area (Å²) < 4.78 is 0. The number of rotatable bonds is 7. The van der Waals surface area contributed by atoms with Gasteiger partial charge in [0, 0.05) is 18.2 Å². The number of thioether (sulfide) groups is 1. The lowest BCUT2D eigenvalue weighted by Crippen LogP contribution is -2.44. The van der Waals surface area contributed by atoms with Gasteiger partial charge in [-0.05, 0) is 25.5 Å². The highest BCUT2D eigenvalue weighted by molar-refractivity contribution is 7.98. The number of nitrogens with one attached hydrogen (secondary N) is 1. The van der Waals surface area contributed by atoms with Gasteiger partial charge in [-0.2, -0.15) is 11.8 Å². The maximum absolute atomic E-state index is 12.0. The summed E-state index contributed by atoms with van der Waals surface area (Å²) >= 11 is 1.59. The summed E-state index contributed by atoms with van der Waals surface area (Å²) in [5.41, 5.74) is -0.803. The van der Waals surface area contributed by atoms with Gasteiger partial charge in [-0.3, -0.25) is 4.79 Å². The van der Waals surface area contributed by atoms with E-state index in [1.807, 2.05) is 13.2 Å². The Kier molecular flexibility index (Phi) is 6.50. The molecule has 0 spiro atoms. The molecule has 1 saturated carbocycles. The van der Waals surface area contributed by atoms with E-state index in [2.05, 4.69) is 5.32 Å². The van der Waals surface area contributed by atoms with Gasteiger partial charge in [0.25, 0.3) is 0 Å². The van der Waals surface area contributed by atoms with Crippen LogP contribution in [0.2, 0.25) is 0 Å². The Labute approximate surface area is 115 Å². The highest BCUT2D eigenvalue weighted by Gasteiger charge is 2.24. The highest BCUT2D eigenvalue weighted by atomic mass is 32.2. The molecule has 0 aromatic rings. The third kappa shape index (κ3) is 5.61. The fourth-order valence-electron chi connectivity index (χ4n) is 2.67. The molecule has 0 radical (unpaired) electrons. The third-order valence-corrected chi connectivity index (χ3v) is 4.62.